The Morgan fingerprint density at radius 2 is 0.967 bits per heavy atom. The fraction of sp³-hybridized carbons (Fsp3) is 0.250. The molecular weight excluding hydrogens is 459 g/mol. The fourth-order valence-electron chi connectivity index (χ4n) is 3.52. The van der Waals surface area contributed by atoms with Crippen molar-refractivity contribution in [2.24, 2.45) is 9.98 Å². The van der Waals surface area contributed by atoms with Crippen molar-refractivity contribution < 1.29 is 17.6 Å². The fourth-order valence-corrected chi connectivity index (χ4v) is 3.52. The first-order chi connectivity index (χ1) is 14.2. The zero-order valence-corrected chi connectivity index (χ0v) is 20.6. The molecule has 0 bridgehead atoms. The summed E-state index contributed by atoms with van der Waals surface area (Å²) in [4.78, 5) is 9.25. The van der Waals surface area contributed by atoms with Gasteiger partial charge in [0.15, 0.2) is 0 Å². The predicted molar refractivity (Wildman–Crippen MR) is 126 cm³/mol. The molecule has 0 N–H and O–H groups in total. The molecule has 0 saturated heterocycles. The maximum absolute atomic E-state index is 5.84. The van der Waals surface area contributed by atoms with Crippen molar-refractivity contribution in [1.82, 2.24) is 0 Å². The summed E-state index contributed by atoms with van der Waals surface area (Å²) < 4.78 is 5.84. The predicted octanol–water partition coefficient (Wildman–Crippen LogP) is 8.01. The SMILES string of the molecule is Cc1cc(C)c(N=Cc2ccc(C=Nc3c(C)cc(C)cc3C)o2)c(C)c1.[Cl][Fe][Cl]. The van der Waals surface area contributed by atoms with E-state index >= 15 is 0 Å². The first-order valence-electron chi connectivity index (χ1n) is 9.44. The van der Waals surface area contributed by atoms with Crippen molar-refractivity contribution in [2.45, 2.75) is 41.5 Å². The molecule has 0 saturated carbocycles. The molecule has 0 atom stereocenters. The standard InChI is InChI=1S/C24H26N2O.2ClH.Fe/c1-15-9-17(3)23(18(4)10-15)25-13-21-7-8-22(27-21)14-26-24-19(5)11-16(2)12-20(24)6;;;/h7-14H,1-6H3;2*1H;/q;;;+2/p-2. The number of aliphatic imine (C=N–C) groups is 2. The Bertz CT molecular complexity index is 943. The van der Waals surface area contributed by atoms with Crippen LogP contribution in [0.25, 0.3) is 0 Å². The Morgan fingerprint density at radius 3 is 1.27 bits per heavy atom. The molecule has 1 aromatic heterocycles. The Morgan fingerprint density at radius 1 is 0.667 bits per heavy atom. The molecule has 0 aliphatic rings. The molecule has 0 radical (unpaired) electrons. The molecular formula is C24H26Cl2FeN2O. The van der Waals surface area contributed by atoms with Gasteiger partial charge in [0.25, 0.3) is 0 Å². The van der Waals surface area contributed by atoms with E-state index < -0.39 is 0 Å². The van der Waals surface area contributed by atoms with Gasteiger partial charge in [-0.05, 0) is 75.9 Å². The van der Waals surface area contributed by atoms with Gasteiger partial charge in [-0.15, -0.1) is 0 Å². The average Bonchev–Trinajstić information content (AvgIpc) is 3.08. The van der Waals surface area contributed by atoms with Crippen LogP contribution in [0.15, 0.2) is 50.8 Å². The summed E-state index contributed by atoms with van der Waals surface area (Å²) in [5, 5.41) is 0. The number of rotatable bonds is 4. The van der Waals surface area contributed by atoms with Gasteiger partial charge in [-0.25, -0.2) is 0 Å². The molecule has 0 amide bonds. The number of benzene rings is 2. The van der Waals surface area contributed by atoms with Crippen molar-refractivity contribution in [1.29, 1.82) is 0 Å². The van der Waals surface area contributed by atoms with Crippen LogP contribution in [0.2, 0.25) is 0 Å². The van der Waals surface area contributed by atoms with Gasteiger partial charge in [0.05, 0.1) is 23.8 Å². The van der Waals surface area contributed by atoms with Crippen LogP contribution in [0.3, 0.4) is 0 Å². The summed E-state index contributed by atoms with van der Waals surface area (Å²) in [5.74, 6) is 1.43. The minimum absolute atomic E-state index is 0.194. The number of furan rings is 1. The Kier molecular flexibility index (Phi) is 9.38. The van der Waals surface area contributed by atoms with Crippen molar-refractivity contribution >= 4 is 44.0 Å². The molecule has 6 heteroatoms. The van der Waals surface area contributed by atoms with Gasteiger partial charge in [0, 0.05) is 0 Å². The summed E-state index contributed by atoms with van der Waals surface area (Å²) in [6.07, 6.45) is 3.54. The topological polar surface area (TPSA) is 37.9 Å². The third kappa shape index (κ3) is 6.85. The molecule has 3 nitrogen and oxygen atoms in total. The molecule has 0 unspecified atom stereocenters. The van der Waals surface area contributed by atoms with Crippen LogP contribution < -0.4 is 0 Å². The number of halogens is 2. The van der Waals surface area contributed by atoms with Crippen molar-refractivity contribution in [2.75, 3.05) is 0 Å². The van der Waals surface area contributed by atoms with Gasteiger partial charge in [0.1, 0.15) is 11.5 Å². The molecule has 30 heavy (non-hydrogen) atoms. The zero-order chi connectivity index (χ0) is 22.3. The Balaban J connectivity index is 0.00000101. The molecule has 2 aromatic carbocycles. The third-order valence-corrected chi connectivity index (χ3v) is 4.56. The quantitative estimate of drug-likeness (QED) is 0.273. The maximum atomic E-state index is 5.84. The second-order valence-electron chi connectivity index (χ2n) is 7.30. The summed E-state index contributed by atoms with van der Waals surface area (Å²) in [5.41, 5.74) is 9.18. The van der Waals surface area contributed by atoms with Crippen LogP contribution >= 0.6 is 20.2 Å². The molecule has 0 spiro atoms. The van der Waals surface area contributed by atoms with E-state index in [1.165, 1.54) is 33.4 Å². The van der Waals surface area contributed by atoms with Gasteiger partial charge < -0.3 is 4.42 Å². The number of aryl methyl sites for hydroxylation is 6. The Labute approximate surface area is 193 Å². The van der Waals surface area contributed by atoms with Crippen molar-refractivity contribution in [3.05, 3.63) is 81.3 Å². The summed E-state index contributed by atoms with van der Waals surface area (Å²) in [6.45, 7) is 12.5. The van der Waals surface area contributed by atoms with Crippen molar-refractivity contribution in [3.63, 3.8) is 0 Å². The molecule has 1 heterocycles. The van der Waals surface area contributed by atoms with Crippen molar-refractivity contribution in [3.8, 4) is 0 Å². The van der Waals surface area contributed by atoms with Gasteiger partial charge in [-0.1, -0.05) is 35.4 Å². The van der Waals surface area contributed by atoms with E-state index in [0.29, 0.717) is 11.5 Å². The molecule has 160 valence electrons. The van der Waals surface area contributed by atoms with Gasteiger partial charge in [-0.3, -0.25) is 9.98 Å². The Hall–Kier alpha value is -1.84. The van der Waals surface area contributed by atoms with E-state index in [1.807, 2.05) is 12.1 Å². The van der Waals surface area contributed by atoms with E-state index in [1.54, 1.807) is 12.4 Å². The number of nitrogens with zero attached hydrogens (tertiary/aromatic N) is 2. The molecule has 0 fully saturated rings. The average molecular weight is 485 g/mol. The first kappa shape index (κ1) is 24.4. The van der Waals surface area contributed by atoms with E-state index in [9.17, 15) is 0 Å². The normalized spacial score (nSPS) is 11.3. The van der Waals surface area contributed by atoms with E-state index in [4.69, 9.17) is 24.6 Å². The van der Waals surface area contributed by atoms with E-state index in [-0.39, 0.29) is 13.1 Å². The van der Waals surface area contributed by atoms with Gasteiger partial charge >= 0.3 is 33.3 Å². The molecule has 3 aromatic rings. The van der Waals surface area contributed by atoms with Crippen LogP contribution in [0.4, 0.5) is 11.4 Å². The van der Waals surface area contributed by atoms with Crippen LogP contribution in [0.1, 0.15) is 44.9 Å². The van der Waals surface area contributed by atoms with Crippen LogP contribution in [-0.4, -0.2) is 12.4 Å². The summed E-state index contributed by atoms with van der Waals surface area (Å²) >= 11 is 0.194. The monoisotopic (exact) mass is 484 g/mol. The zero-order valence-electron chi connectivity index (χ0n) is 18.0. The van der Waals surface area contributed by atoms with Gasteiger partial charge in [-0.2, -0.15) is 0 Å². The van der Waals surface area contributed by atoms with Gasteiger partial charge in [0.2, 0.25) is 0 Å². The second-order valence-corrected chi connectivity index (χ2v) is 9.13. The first-order valence-corrected chi connectivity index (χ1v) is 12.5. The summed E-state index contributed by atoms with van der Waals surface area (Å²) in [6, 6.07) is 12.4. The van der Waals surface area contributed by atoms with Crippen LogP contribution in [-0.2, 0) is 13.1 Å². The molecule has 0 aliphatic heterocycles. The third-order valence-electron chi connectivity index (χ3n) is 4.56. The van der Waals surface area contributed by atoms with E-state index in [0.717, 1.165) is 11.4 Å². The minimum atomic E-state index is 0.194. The molecule has 3 rings (SSSR count). The second kappa shape index (κ2) is 11.5. The summed E-state index contributed by atoms with van der Waals surface area (Å²) in [7, 11) is 9.53. The molecule has 0 aliphatic carbocycles. The number of hydrogen-bond acceptors (Lipinski definition) is 3. The number of hydrogen-bond donors (Lipinski definition) is 0. The van der Waals surface area contributed by atoms with Crippen LogP contribution in [0.5, 0.6) is 0 Å². The van der Waals surface area contributed by atoms with Crippen LogP contribution in [0, 0.1) is 41.5 Å². The van der Waals surface area contributed by atoms with E-state index in [2.05, 4.69) is 75.8 Å².